The Morgan fingerprint density at radius 1 is 1.04 bits per heavy atom. The molecule has 2 aromatic rings. The number of carbonyl (C=O) groups excluding carboxylic acids is 1. The number of hydrogen-bond acceptors (Lipinski definition) is 3. The Morgan fingerprint density at radius 2 is 1.61 bits per heavy atom. The summed E-state index contributed by atoms with van der Waals surface area (Å²) in [5.74, 6) is 1.07. The molecule has 0 atom stereocenters. The molecule has 0 saturated heterocycles. The van der Waals surface area contributed by atoms with E-state index >= 15 is 0 Å². The molecule has 0 aliphatic heterocycles. The molecular weight excluding hydrogens is 290 g/mol. The fourth-order valence-electron chi connectivity index (χ4n) is 2.46. The summed E-state index contributed by atoms with van der Waals surface area (Å²) < 4.78 is 10.6. The second-order valence-electron chi connectivity index (χ2n) is 5.41. The number of benzene rings is 2. The van der Waals surface area contributed by atoms with Crippen molar-refractivity contribution in [3.05, 3.63) is 53.1 Å². The van der Waals surface area contributed by atoms with Crippen molar-refractivity contribution < 1.29 is 14.3 Å². The van der Waals surface area contributed by atoms with Gasteiger partial charge in [0.2, 0.25) is 0 Å². The minimum atomic E-state index is -0.190. The van der Waals surface area contributed by atoms with Gasteiger partial charge in [0.1, 0.15) is 11.5 Å². The van der Waals surface area contributed by atoms with Crippen molar-refractivity contribution >= 4 is 11.6 Å². The molecule has 2 aromatic carbocycles. The number of anilines is 1. The maximum atomic E-state index is 12.5. The molecule has 2 rings (SSSR count). The van der Waals surface area contributed by atoms with Gasteiger partial charge >= 0.3 is 0 Å². The minimum Gasteiger partial charge on any atom is -0.496 e. The minimum absolute atomic E-state index is 0.190. The van der Waals surface area contributed by atoms with E-state index in [0.29, 0.717) is 17.1 Å². The number of methoxy groups -OCH3 is 2. The Hall–Kier alpha value is -2.49. The Balaban J connectivity index is 2.20. The second kappa shape index (κ2) is 7.68. The third-order valence-corrected chi connectivity index (χ3v) is 3.76. The molecule has 0 spiro atoms. The monoisotopic (exact) mass is 313 g/mol. The van der Waals surface area contributed by atoms with Gasteiger partial charge in [-0.25, -0.2) is 0 Å². The molecule has 0 radical (unpaired) electrons. The zero-order valence-corrected chi connectivity index (χ0v) is 14.1. The lowest BCUT2D eigenvalue weighted by atomic mass is 10.1. The van der Waals surface area contributed by atoms with Crippen LogP contribution in [0.5, 0.6) is 11.5 Å². The summed E-state index contributed by atoms with van der Waals surface area (Å²) in [7, 11) is 3.16. The van der Waals surface area contributed by atoms with Crippen LogP contribution in [0.2, 0.25) is 0 Å². The lowest BCUT2D eigenvalue weighted by Gasteiger charge is -2.13. The first kappa shape index (κ1) is 16.9. The number of nitrogens with one attached hydrogen (secondary N) is 1. The van der Waals surface area contributed by atoms with E-state index in [0.717, 1.165) is 24.1 Å². The van der Waals surface area contributed by atoms with Crippen molar-refractivity contribution in [3.8, 4) is 11.5 Å². The molecule has 0 aliphatic rings. The van der Waals surface area contributed by atoms with Crippen molar-refractivity contribution in [2.45, 2.75) is 26.7 Å². The van der Waals surface area contributed by atoms with Crippen molar-refractivity contribution in [1.29, 1.82) is 0 Å². The van der Waals surface area contributed by atoms with E-state index in [2.05, 4.69) is 12.2 Å². The van der Waals surface area contributed by atoms with E-state index in [1.807, 2.05) is 31.2 Å². The van der Waals surface area contributed by atoms with Gasteiger partial charge in [-0.2, -0.15) is 0 Å². The summed E-state index contributed by atoms with van der Waals surface area (Å²) in [6.07, 6.45) is 2.15. The molecule has 1 N–H and O–H groups in total. The molecule has 122 valence electrons. The van der Waals surface area contributed by atoms with Crippen molar-refractivity contribution in [3.63, 3.8) is 0 Å². The smallest absolute Gasteiger partial charge is 0.255 e. The Labute approximate surface area is 137 Å². The van der Waals surface area contributed by atoms with Crippen LogP contribution in [0.3, 0.4) is 0 Å². The van der Waals surface area contributed by atoms with Gasteiger partial charge in [-0.1, -0.05) is 25.5 Å². The van der Waals surface area contributed by atoms with E-state index in [4.69, 9.17) is 9.47 Å². The normalized spacial score (nSPS) is 10.3. The third kappa shape index (κ3) is 4.03. The summed E-state index contributed by atoms with van der Waals surface area (Å²) in [5, 5.41) is 2.90. The second-order valence-corrected chi connectivity index (χ2v) is 5.41. The topological polar surface area (TPSA) is 47.6 Å². The van der Waals surface area contributed by atoms with Gasteiger partial charge in [0.25, 0.3) is 5.91 Å². The Kier molecular flexibility index (Phi) is 5.63. The summed E-state index contributed by atoms with van der Waals surface area (Å²) in [4.78, 5) is 12.5. The largest absolute Gasteiger partial charge is 0.496 e. The molecule has 0 fully saturated rings. The highest BCUT2D eigenvalue weighted by atomic mass is 16.5. The van der Waals surface area contributed by atoms with Crippen LogP contribution >= 0.6 is 0 Å². The van der Waals surface area contributed by atoms with Crippen LogP contribution < -0.4 is 14.8 Å². The molecule has 0 aliphatic carbocycles. The maximum absolute atomic E-state index is 12.5. The Morgan fingerprint density at radius 3 is 2.09 bits per heavy atom. The van der Waals surface area contributed by atoms with Gasteiger partial charge < -0.3 is 14.8 Å². The summed E-state index contributed by atoms with van der Waals surface area (Å²) in [6, 6.07) is 11.4. The van der Waals surface area contributed by atoms with Crippen molar-refractivity contribution in [2.75, 3.05) is 19.5 Å². The molecule has 0 aromatic heterocycles. The van der Waals surface area contributed by atoms with E-state index in [9.17, 15) is 4.79 Å². The molecule has 0 saturated carbocycles. The summed E-state index contributed by atoms with van der Waals surface area (Å²) in [6.45, 7) is 4.04. The van der Waals surface area contributed by atoms with Crippen LogP contribution in [-0.2, 0) is 6.42 Å². The third-order valence-electron chi connectivity index (χ3n) is 3.76. The van der Waals surface area contributed by atoms with E-state index in [-0.39, 0.29) is 5.91 Å². The summed E-state index contributed by atoms with van der Waals surface area (Å²) >= 11 is 0. The maximum Gasteiger partial charge on any atom is 0.255 e. The van der Waals surface area contributed by atoms with Gasteiger partial charge in [-0.3, -0.25) is 4.79 Å². The highest BCUT2D eigenvalue weighted by Crippen LogP contribution is 2.29. The number of aryl methyl sites for hydroxylation is 1. The quantitative estimate of drug-likeness (QED) is 0.868. The molecule has 23 heavy (non-hydrogen) atoms. The standard InChI is InChI=1S/C19H23NO3/c1-5-6-14-7-9-16(10-8-14)20-19(21)15-11-17(22-3)13(2)18(12-15)23-4/h7-12H,5-6H2,1-4H3,(H,20,21). The molecule has 4 heteroatoms. The van der Waals surface area contributed by atoms with Crippen LogP contribution in [0.4, 0.5) is 5.69 Å². The number of hydrogen-bond donors (Lipinski definition) is 1. The molecule has 1 amide bonds. The molecule has 4 nitrogen and oxygen atoms in total. The molecule has 0 unspecified atom stereocenters. The fraction of sp³-hybridized carbons (Fsp3) is 0.316. The molecular formula is C19H23NO3. The van der Waals surface area contributed by atoms with Gasteiger partial charge in [-0.15, -0.1) is 0 Å². The van der Waals surface area contributed by atoms with Crippen LogP contribution in [0, 0.1) is 6.92 Å². The first-order valence-electron chi connectivity index (χ1n) is 7.72. The van der Waals surface area contributed by atoms with Gasteiger partial charge in [-0.05, 0) is 43.2 Å². The van der Waals surface area contributed by atoms with Crippen molar-refractivity contribution in [1.82, 2.24) is 0 Å². The first-order valence-corrected chi connectivity index (χ1v) is 7.72. The average molecular weight is 313 g/mol. The van der Waals surface area contributed by atoms with Crippen LogP contribution in [0.25, 0.3) is 0 Å². The number of carbonyl (C=O) groups is 1. The van der Waals surface area contributed by atoms with Crippen LogP contribution in [0.15, 0.2) is 36.4 Å². The van der Waals surface area contributed by atoms with Gasteiger partial charge in [0.05, 0.1) is 14.2 Å². The van der Waals surface area contributed by atoms with E-state index in [1.165, 1.54) is 5.56 Å². The number of amides is 1. The zero-order valence-electron chi connectivity index (χ0n) is 14.1. The van der Waals surface area contributed by atoms with Gasteiger partial charge in [0.15, 0.2) is 0 Å². The predicted octanol–water partition coefficient (Wildman–Crippen LogP) is 4.22. The zero-order chi connectivity index (χ0) is 16.8. The van der Waals surface area contributed by atoms with E-state index < -0.39 is 0 Å². The average Bonchev–Trinajstić information content (AvgIpc) is 2.57. The van der Waals surface area contributed by atoms with Gasteiger partial charge in [0, 0.05) is 16.8 Å². The fourth-order valence-corrected chi connectivity index (χ4v) is 2.46. The van der Waals surface area contributed by atoms with Crippen molar-refractivity contribution in [2.24, 2.45) is 0 Å². The molecule has 0 heterocycles. The molecule has 0 bridgehead atoms. The van der Waals surface area contributed by atoms with E-state index in [1.54, 1.807) is 26.4 Å². The highest BCUT2D eigenvalue weighted by Gasteiger charge is 2.13. The summed E-state index contributed by atoms with van der Waals surface area (Å²) in [5.41, 5.74) is 3.41. The lowest BCUT2D eigenvalue weighted by Crippen LogP contribution is -2.12. The number of rotatable bonds is 6. The Bertz CT molecular complexity index is 653. The SMILES string of the molecule is CCCc1ccc(NC(=O)c2cc(OC)c(C)c(OC)c2)cc1. The van der Waals surface area contributed by atoms with Crippen LogP contribution in [-0.4, -0.2) is 20.1 Å². The van der Waals surface area contributed by atoms with Crippen LogP contribution in [0.1, 0.15) is 34.8 Å². The number of ether oxygens (including phenoxy) is 2. The predicted molar refractivity (Wildman–Crippen MR) is 92.7 cm³/mol. The highest BCUT2D eigenvalue weighted by molar-refractivity contribution is 6.05. The lowest BCUT2D eigenvalue weighted by molar-refractivity contribution is 0.102. The first-order chi connectivity index (χ1) is 11.1.